The van der Waals surface area contributed by atoms with Crippen LogP contribution < -0.4 is 43.4 Å². The van der Waals surface area contributed by atoms with Crippen molar-refractivity contribution in [2.75, 3.05) is 6.61 Å². The van der Waals surface area contributed by atoms with Gasteiger partial charge >= 0.3 is 23.9 Å². The van der Waals surface area contributed by atoms with Crippen LogP contribution in [0.5, 0.6) is 0 Å². The minimum absolute atomic E-state index is 0.255. The van der Waals surface area contributed by atoms with Gasteiger partial charge in [0.1, 0.15) is 36.3 Å². The number of carbonyl (C=O) groups is 11. The first-order valence-electron chi connectivity index (χ1n) is 16.9. The van der Waals surface area contributed by atoms with E-state index in [1.165, 1.54) is 13.8 Å². The number of hydrogen-bond acceptors (Lipinski definition) is 13. The zero-order chi connectivity index (χ0) is 42.6. The fourth-order valence-electron chi connectivity index (χ4n) is 4.52. The van der Waals surface area contributed by atoms with E-state index in [2.05, 4.69) is 26.6 Å². The number of primary amides is 1. The normalized spacial score (nSPS) is 15.1. The fourth-order valence-corrected chi connectivity index (χ4v) is 4.52. The summed E-state index contributed by atoms with van der Waals surface area (Å²) in [6.07, 6.45) is -4.12. The second-order valence-electron chi connectivity index (χ2n) is 12.4. The van der Waals surface area contributed by atoms with E-state index in [4.69, 9.17) is 31.9 Å². The van der Waals surface area contributed by atoms with Gasteiger partial charge in [-0.2, -0.15) is 0 Å². The third-order valence-electron chi connectivity index (χ3n) is 7.95. The maximum absolute atomic E-state index is 13.5. The Bertz CT molecular complexity index is 1440. The molecule has 0 rings (SSSR count). The van der Waals surface area contributed by atoms with Crippen molar-refractivity contribution in [3.63, 3.8) is 0 Å². The molecule has 0 aliphatic heterocycles. The lowest BCUT2D eigenvalue weighted by Gasteiger charge is -2.28. The Morgan fingerprint density at radius 3 is 1.38 bits per heavy atom. The number of nitrogens with two attached hydrogens (primary N) is 2. The number of carboxylic acid groups (broad SMARTS) is 4. The van der Waals surface area contributed by atoms with Crippen molar-refractivity contribution >= 4 is 65.2 Å². The lowest BCUT2D eigenvalue weighted by Crippen LogP contribution is -2.61. The van der Waals surface area contributed by atoms with E-state index in [1.807, 2.05) is 5.32 Å². The van der Waals surface area contributed by atoms with Crippen molar-refractivity contribution in [1.29, 1.82) is 0 Å². The van der Waals surface area contributed by atoms with Crippen LogP contribution in [0.1, 0.15) is 72.1 Å². The molecular formula is C31H50N8O16. The number of aliphatic hydroxyl groups is 1. The van der Waals surface area contributed by atoms with Gasteiger partial charge in [-0.25, -0.2) is 4.79 Å². The molecule has 0 aromatic heterocycles. The molecule has 0 bridgehead atoms. The Balaban J connectivity index is 6.27. The number of rotatable bonds is 27. The molecule has 0 unspecified atom stereocenters. The molecular weight excluding hydrogens is 740 g/mol. The van der Waals surface area contributed by atoms with E-state index >= 15 is 0 Å². The van der Waals surface area contributed by atoms with Crippen LogP contribution in [0.3, 0.4) is 0 Å². The van der Waals surface area contributed by atoms with E-state index < -0.39 is 159 Å². The van der Waals surface area contributed by atoms with E-state index in [1.54, 1.807) is 6.92 Å². The molecule has 55 heavy (non-hydrogen) atoms. The standard InChI is InChI=1S/C31H50N8O16/c1-4-13(2)24(30(53)34-14(3)25(48)38-19(12-40)31(54)55)39-29(52)18(11-20(33)41)37-28(51)17(7-10-23(46)47)36-27(50)16(6-9-22(44)45)35-26(49)15(32)5-8-21(42)43/h13-19,24,40H,4-12,32H2,1-3H3,(H2,33,41)(H,34,53)(H,35,49)(H,36,50)(H,37,51)(H,38,48)(H,39,52)(H,42,43)(H,44,45)(H,46,47)(H,54,55)/t13-,14-,15-,16-,17-,18-,19-,24-/m0/s1. The van der Waals surface area contributed by atoms with E-state index in [-0.39, 0.29) is 12.8 Å². The van der Waals surface area contributed by atoms with Gasteiger partial charge < -0.3 is 68.9 Å². The van der Waals surface area contributed by atoms with Crippen LogP contribution in [0, 0.1) is 5.92 Å². The highest BCUT2D eigenvalue weighted by Gasteiger charge is 2.35. The summed E-state index contributed by atoms with van der Waals surface area (Å²) in [5.74, 6) is -14.0. The molecule has 0 aromatic carbocycles. The molecule has 15 N–H and O–H groups in total. The van der Waals surface area contributed by atoms with E-state index in [0.29, 0.717) is 0 Å². The SMILES string of the molecule is CC[C@H](C)[C@H](NC(=O)[C@H](CC(N)=O)NC(=O)[C@H](CCC(=O)O)NC(=O)[C@H](CCC(=O)O)NC(=O)[C@@H](N)CCC(=O)O)C(=O)N[C@@H](C)C(=O)N[C@@H](CO)C(=O)O. The third-order valence-corrected chi connectivity index (χ3v) is 7.95. The predicted molar refractivity (Wildman–Crippen MR) is 184 cm³/mol. The van der Waals surface area contributed by atoms with Gasteiger partial charge in [0.05, 0.1) is 19.1 Å². The third kappa shape index (κ3) is 19.1. The predicted octanol–water partition coefficient (Wildman–Crippen LogP) is -5.16. The quantitative estimate of drug-likeness (QED) is 0.0370. The van der Waals surface area contributed by atoms with Gasteiger partial charge in [-0.1, -0.05) is 20.3 Å². The van der Waals surface area contributed by atoms with Crippen LogP contribution in [0.4, 0.5) is 0 Å². The van der Waals surface area contributed by atoms with Gasteiger partial charge in [-0.15, -0.1) is 0 Å². The monoisotopic (exact) mass is 790 g/mol. The van der Waals surface area contributed by atoms with Gasteiger partial charge in [-0.05, 0) is 32.1 Å². The zero-order valence-electron chi connectivity index (χ0n) is 30.4. The van der Waals surface area contributed by atoms with Crippen LogP contribution >= 0.6 is 0 Å². The van der Waals surface area contributed by atoms with Crippen molar-refractivity contribution in [3.8, 4) is 0 Å². The highest BCUT2D eigenvalue weighted by molar-refractivity contribution is 5.98. The summed E-state index contributed by atoms with van der Waals surface area (Å²) in [4.78, 5) is 135. The Hall–Kier alpha value is -5.91. The summed E-state index contributed by atoms with van der Waals surface area (Å²) >= 11 is 0. The number of aliphatic carboxylic acids is 4. The fraction of sp³-hybridized carbons (Fsp3) is 0.645. The molecule has 310 valence electrons. The lowest BCUT2D eigenvalue weighted by molar-refractivity contribution is -0.143. The minimum atomic E-state index is -1.84. The highest BCUT2D eigenvalue weighted by Crippen LogP contribution is 2.11. The van der Waals surface area contributed by atoms with Crippen molar-refractivity contribution in [2.24, 2.45) is 17.4 Å². The molecule has 0 fully saturated rings. The Morgan fingerprint density at radius 2 is 0.964 bits per heavy atom. The summed E-state index contributed by atoms with van der Waals surface area (Å²) in [7, 11) is 0. The van der Waals surface area contributed by atoms with Crippen LogP contribution in [0.25, 0.3) is 0 Å². The largest absolute Gasteiger partial charge is 0.481 e. The molecule has 0 aliphatic carbocycles. The zero-order valence-corrected chi connectivity index (χ0v) is 30.4. The number of aliphatic hydroxyl groups excluding tert-OH is 1. The first kappa shape index (κ1) is 49.1. The van der Waals surface area contributed by atoms with Gasteiger partial charge in [-0.3, -0.25) is 47.9 Å². The van der Waals surface area contributed by atoms with E-state index in [0.717, 1.165) is 0 Å². The molecule has 0 aromatic rings. The number of nitrogens with one attached hydrogen (secondary N) is 6. The van der Waals surface area contributed by atoms with Crippen molar-refractivity contribution in [1.82, 2.24) is 31.9 Å². The number of hydrogen-bond donors (Lipinski definition) is 13. The summed E-state index contributed by atoms with van der Waals surface area (Å²) < 4.78 is 0. The highest BCUT2D eigenvalue weighted by atomic mass is 16.4. The Labute approximate surface area is 313 Å². The van der Waals surface area contributed by atoms with E-state index in [9.17, 15) is 57.8 Å². The average Bonchev–Trinajstić information content (AvgIpc) is 3.09. The van der Waals surface area contributed by atoms with Gasteiger partial charge in [0, 0.05) is 19.3 Å². The second kappa shape index (κ2) is 24.4. The van der Waals surface area contributed by atoms with Gasteiger partial charge in [0.15, 0.2) is 0 Å². The summed E-state index contributed by atoms with van der Waals surface area (Å²) in [5, 5.41) is 58.6. The van der Waals surface area contributed by atoms with Crippen molar-refractivity contribution < 1.29 is 78.3 Å². The van der Waals surface area contributed by atoms with Crippen molar-refractivity contribution in [2.45, 2.75) is 114 Å². The second-order valence-corrected chi connectivity index (χ2v) is 12.4. The summed E-state index contributed by atoms with van der Waals surface area (Å²) in [6.45, 7) is 3.40. The molecule has 24 nitrogen and oxygen atoms in total. The smallest absolute Gasteiger partial charge is 0.328 e. The topological polar surface area (TPSA) is 413 Å². The Kier molecular flexibility index (Phi) is 21.8. The first-order valence-corrected chi connectivity index (χ1v) is 16.9. The number of carboxylic acids is 4. The Morgan fingerprint density at radius 1 is 0.545 bits per heavy atom. The molecule has 0 heterocycles. The van der Waals surface area contributed by atoms with Crippen molar-refractivity contribution in [3.05, 3.63) is 0 Å². The number of amides is 7. The van der Waals surface area contributed by atoms with Crippen LogP contribution in [0.15, 0.2) is 0 Å². The van der Waals surface area contributed by atoms with Crippen LogP contribution in [-0.2, 0) is 52.7 Å². The van der Waals surface area contributed by atoms with Crippen LogP contribution in [0.2, 0.25) is 0 Å². The minimum Gasteiger partial charge on any atom is -0.481 e. The average molecular weight is 791 g/mol. The molecule has 7 amide bonds. The maximum Gasteiger partial charge on any atom is 0.328 e. The molecule has 8 atom stereocenters. The van der Waals surface area contributed by atoms with Gasteiger partial charge in [0.25, 0.3) is 0 Å². The summed E-state index contributed by atoms with van der Waals surface area (Å²) in [6, 6.07) is -11.2. The maximum atomic E-state index is 13.5. The molecule has 24 heteroatoms. The first-order chi connectivity index (χ1) is 25.5. The summed E-state index contributed by atoms with van der Waals surface area (Å²) in [5.41, 5.74) is 11.0. The number of carbonyl (C=O) groups excluding carboxylic acids is 7. The lowest BCUT2D eigenvalue weighted by atomic mass is 9.97. The van der Waals surface area contributed by atoms with Gasteiger partial charge in [0.2, 0.25) is 41.4 Å². The molecule has 0 saturated heterocycles. The molecule has 0 spiro atoms. The van der Waals surface area contributed by atoms with Crippen LogP contribution in [-0.4, -0.2) is 140 Å². The molecule has 0 aliphatic rings. The molecule has 0 radical (unpaired) electrons. The molecule has 0 saturated carbocycles.